The minimum absolute atomic E-state index is 0.563. The van der Waals surface area contributed by atoms with Crippen molar-refractivity contribution in [2.75, 3.05) is 13.2 Å². The van der Waals surface area contributed by atoms with Crippen LogP contribution in [0.15, 0.2) is 54.9 Å². The highest BCUT2D eigenvalue weighted by molar-refractivity contribution is 5.62. The fourth-order valence-electron chi connectivity index (χ4n) is 3.17. The molecule has 0 atom stereocenters. The Morgan fingerprint density at radius 1 is 1.00 bits per heavy atom. The zero-order valence-electron chi connectivity index (χ0n) is 14.4. The number of benzene rings is 2. The van der Waals surface area contributed by atoms with Crippen LogP contribution in [-0.4, -0.2) is 43.4 Å². The molecule has 1 aliphatic rings. The van der Waals surface area contributed by atoms with Crippen LogP contribution in [-0.2, 0) is 6.54 Å². The average molecular weight is 360 g/mol. The standard InChI is InChI=1S/C19H16N6O2/c1-2-13(10-14(3-1)18-21-23-24-22-18)12-25-7-6-20-19(25)15-4-5-16-17(11-15)27-9-8-26-16/h1-7,10-11H,8-9,12H2,(H,21,22,23,24). The second kappa shape index (κ2) is 6.56. The third-order valence-electron chi connectivity index (χ3n) is 4.40. The van der Waals surface area contributed by atoms with Gasteiger partial charge in [-0.2, -0.15) is 5.21 Å². The summed E-state index contributed by atoms with van der Waals surface area (Å²) in [5.74, 6) is 2.98. The van der Waals surface area contributed by atoms with Crippen LogP contribution in [0.1, 0.15) is 5.56 Å². The monoisotopic (exact) mass is 360 g/mol. The van der Waals surface area contributed by atoms with E-state index in [2.05, 4.69) is 42.3 Å². The Bertz CT molecular complexity index is 1070. The van der Waals surface area contributed by atoms with Crippen molar-refractivity contribution < 1.29 is 9.47 Å². The predicted molar refractivity (Wildman–Crippen MR) is 97.4 cm³/mol. The zero-order valence-corrected chi connectivity index (χ0v) is 14.4. The summed E-state index contributed by atoms with van der Waals surface area (Å²) < 4.78 is 13.4. The van der Waals surface area contributed by atoms with Gasteiger partial charge in [0.15, 0.2) is 11.5 Å². The molecule has 1 aliphatic heterocycles. The van der Waals surface area contributed by atoms with Gasteiger partial charge in [-0.25, -0.2) is 4.98 Å². The number of nitrogens with one attached hydrogen (secondary N) is 1. The summed E-state index contributed by atoms with van der Waals surface area (Å²) in [6.45, 7) is 1.82. The summed E-state index contributed by atoms with van der Waals surface area (Å²) in [7, 11) is 0. The van der Waals surface area contributed by atoms with Crippen molar-refractivity contribution in [3.05, 3.63) is 60.4 Å². The Morgan fingerprint density at radius 2 is 1.93 bits per heavy atom. The third-order valence-corrected chi connectivity index (χ3v) is 4.40. The topological polar surface area (TPSA) is 90.7 Å². The molecule has 5 rings (SSSR count). The molecule has 0 bridgehead atoms. The molecule has 2 aromatic heterocycles. The lowest BCUT2D eigenvalue weighted by Crippen LogP contribution is -2.15. The Labute approximate surface area is 154 Å². The molecule has 8 heteroatoms. The van der Waals surface area contributed by atoms with E-state index in [1.807, 2.05) is 36.5 Å². The van der Waals surface area contributed by atoms with Gasteiger partial charge in [-0.15, -0.1) is 10.2 Å². The lowest BCUT2D eigenvalue weighted by molar-refractivity contribution is 0.171. The SMILES string of the molecule is c1cc(Cn2ccnc2-c2ccc3c(c2)OCCO3)cc(-c2nn[nH]n2)c1. The molecule has 1 N–H and O–H groups in total. The predicted octanol–water partition coefficient (Wildman–Crippen LogP) is 2.55. The highest BCUT2D eigenvalue weighted by Gasteiger charge is 2.15. The van der Waals surface area contributed by atoms with Gasteiger partial charge < -0.3 is 14.0 Å². The molecule has 0 amide bonds. The van der Waals surface area contributed by atoms with Crippen molar-refractivity contribution in [3.8, 4) is 34.3 Å². The quantitative estimate of drug-likeness (QED) is 0.601. The van der Waals surface area contributed by atoms with E-state index >= 15 is 0 Å². The number of aromatic amines is 1. The smallest absolute Gasteiger partial charge is 0.204 e. The van der Waals surface area contributed by atoms with Crippen molar-refractivity contribution in [2.24, 2.45) is 0 Å². The molecule has 0 saturated carbocycles. The van der Waals surface area contributed by atoms with E-state index in [0.29, 0.717) is 25.6 Å². The molecular formula is C19H16N6O2. The van der Waals surface area contributed by atoms with E-state index in [1.54, 1.807) is 6.20 Å². The van der Waals surface area contributed by atoms with E-state index in [1.165, 1.54) is 0 Å². The number of aromatic nitrogens is 6. The number of tetrazole rings is 1. The minimum atomic E-state index is 0.563. The van der Waals surface area contributed by atoms with E-state index in [9.17, 15) is 0 Å². The number of hydrogen-bond donors (Lipinski definition) is 1. The Morgan fingerprint density at radius 3 is 2.81 bits per heavy atom. The number of fused-ring (bicyclic) bond motifs is 1. The molecule has 0 unspecified atom stereocenters. The molecule has 3 heterocycles. The molecule has 0 fully saturated rings. The first-order valence-electron chi connectivity index (χ1n) is 8.61. The normalized spacial score (nSPS) is 12.9. The van der Waals surface area contributed by atoms with Crippen molar-refractivity contribution in [2.45, 2.75) is 6.54 Å². The first-order chi connectivity index (χ1) is 13.4. The number of imidazole rings is 1. The van der Waals surface area contributed by atoms with Crippen molar-refractivity contribution in [3.63, 3.8) is 0 Å². The molecular weight excluding hydrogens is 344 g/mol. The first-order valence-corrected chi connectivity index (χ1v) is 8.61. The second-order valence-electron chi connectivity index (χ2n) is 6.17. The zero-order chi connectivity index (χ0) is 18.1. The van der Waals surface area contributed by atoms with Crippen LogP contribution < -0.4 is 9.47 Å². The summed E-state index contributed by atoms with van der Waals surface area (Å²) in [6, 6.07) is 14.0. The van der Waals surface area contributed by atoms with Gasteiger partial charge in [-0.1, -0.05) is 18.2 Å². The Kier molecular flexibility index (Phi) is 3.78. The van der Waals surface area contributed by atoms with E-state index in [4.69, 9.17) is 9.47 Å². The summed E-state index contributed by atoms with van der Waals surface area (Å²) in [5, 5.41) is 14.2. The summed E-state index contributed by atoms with van der Waals surface area (Å²) in [4.78, 5) is 4.53. The molecule has 2 aromatic carbocycles. The fourth-order valence-corrected chi connectivity index (χ4v) is 3.17. The lowest BCUT2D eigenvalue weighted by atomic mass is 10.1. The molecule has 4 aromatic rings. The molecule has 134 valence electrons. The largest absolute Gasteiger partial charge is 0.486 e. The van der Waals surface area contributed by atoms with Gasteiger partial charge >= 0.3 is 0 Å². The van der Waals surface area contributed by atoms with Crippen LogP contribution in [0.3, 0.4) is 0 Å². The average Bonchev–Trinajstić information content (AvgIpc) is 3.40. The van der Waals surface area contributed by atoms with Gasteiger partial charge in [0.2, 0.25) is 5.82 Å². The number of H-pyrrole nitrogens is 1. The van der Waals surface area contributed by atoms with Gasteiger partial charge in [0.25, 0.3) is 0 Å². The molecule has 8 nitrogen and oxygen atoms in total. The Balaban J connectivity index is 1.45. The minimum Gasteiger partial charge on any atom is -0.486 e. The number of rotatable bonds is 4. The highest BCUT2D eigenvalue weighted by Crippen LogP contribution is 2.34. The molecule has 27 heavy (non-hydrogen) atoms. The van der Waals surface area contributed by atoms with E-state index in [-0.39, 0.29) is 0 Å². The third kappa shape index (κ3) is 3.01. The number of ether oxygens (including phenoxy) is 2. The molecule has 0 spiro atoms. The number of nitrogens with zero attached hydrogens (tertiary/aromatic N) is 5. The Hall–Kier alpha value is -3.68. The maximum absolute atomic E-state index is 5.69. The van der Waals surface area contributed by atoms with Crippen LogP contribution in [0.25, 0.3) is 22.8 Å². The summed E-state index contributed by atoms with van der Waals surface area (Å²) in [5.41, 5.74) is 3.02. The first kappa shape index (κ1) is 15.6. The maximum Gasteiger partial charge on any atom is 0.204 e. The number of hydrogen-bond acceptors (Lipinski definition) is 6. The van der Waals surface area contributed by atoms with Crippen LogP contribution >= 0.6 is 0 Å². The van der Waals surface area contributed by atoms with Gasteiger partial charge in [0.05, 0.1) is 0 Å². The fraction of sp³-hybridized carbons (Fsp3) is 0.158. The van der Waals surface area contributed by atoms with Crippen molar-refractivity contribution in [1.82, 2.24) is 30.2 Å². The van der Waals surface area contributed by atoms with Crippen molar-refractivity contribution in [1.29, 1.82) is 0 Å². The van der Waals surface area contributed by atoms with E-state index < -0.39 is 0 Å². The van der Waals surface area contributed by atoms with E-state index in [0.717, 1.165) is 34.0 Å². The summed E-state index contributed by atoms with van der Waals surface area (Å²) in [6.07, 6.45) is 3.77. The van der Waals surface area contributed by atoms with Crippen LogP contribution in [0.4, 0.5) is 0 Å². The second-order valence-corrected chi connectivity index (χ2v) is 6.17. The van der Waals surface area contributed by atoms with Gasteiger partial charge in [0, 0.05) is 30.1 Å². The lowest BCUT2D eigenvalue weighted by Gasteiger charge is -2.19. The van der Waals surface area contributed by atoms with Crippen LogP contribution in [0, 0.1) is 0 Å². The van der Waals surface area contributed by atoms with Crippen molar-refractivity contribution >= 4 is 0 Å². The van der Waals surface area contributed by atoms with Gasteiger partial charge in [-0.3, -0.25) is 0 Å². The van der Waals surface area contributed by atoms with Gasteiger partial charge in [-0.05, 0) is 35.0 Å². The molecule has 0 saturated heterocycles. The van der Waals surface area contributed by atoms with Crippen LogP contribution in [0.2, 0.25) is 0 Å². The summed E-state index contributed by atoms with van der Waals surface area (Å²) >= 11 is 0. The molecule has 0 radical (unpaired) electrons. The van der Waals surface area contributed by atoms with Crippen LogP contribution in [0.5, 0.6) is 11.5 Å². The molecule has 0 aliphatic carbocycles. The van der Waals surface area contributed by atoms with Gasteiger partial charge in [0.1, 0.15) is 19.0 Å². The maximum atomic E-state index is 5.69. The highest BCUT2D eigenvalue weighted by atomic mass is 16.6.